The van der Waals surface area contributed by atoms with Gasteiger partial charge in [-0.15, -0.1) is 0 Å². The van der Waals surface area contributed by atoms with Crippen molar-refractivity contribution >= 4 is 5.97 Å². The maximum Gasteiger partial charge on any atom is 0.308 e. The average Bonchev–Trinajstić information content (AvgIpc) is 2.31. The summed E-state index contributed by atoms with van der Waals surface area (Å²) in [5.74, 6) is -0.330. The summed E-state index contributed by atoms with van der Waals surface area (Å²) >= 11 is 0. The quantitative estimate of drug-likeness (QED) is 0.663. The Morgan fingerprint density at radius 2 is 2.41 bits per heavy atom. The maximum absolute atomic E-state index is 11.3. The zero-order valence-electron chi connectivity index (χ0n) is 10.2. The molecule has 0 amide bonds. The molecule has 0 spiro atoms. The van der Waals surface area contributed by atoms with Crippen molar-refractivity contribution in [2.24, 2.45) is 0 Å². The van der Waals surface area contributed by atoms with Crippen molar-refractivity contribution in [2.45, 2.75) is 51.4 Å². The molecule has 1 heterocycles. The van der Waals surface area contributed by atoms with Crippen molar-refractivity contribution in [3.63, 3.8) is 0 Å². The van der Waals surface area contributed by atoms with Gasteiger partial charge < -0.3 is 14.2 Å². The number of hydrogen-bond acceptors (Lipinski definition) is 5. The minimum Gasteiger partial charge on any atom is -0.466 e. The lowest BCUT2D eigenvalue weighted by Crippen LogP contribution is -2.29. The molecule has 0 aromatic carbocycles. The highest BCUT2D eigenvalue weighted by molar-refractivity contribution is 5.69. The molecule has 0 aliphatic carbocycles. The fraction of sp³-hybridized carbons (Fsp3) is 0.833. The Kier molecular flexibility index (Phi) is 6.60. The minimum atomic E-state index is -0.429. The van der Waals surface area contributed by atoms with E-state index in [1.807, 2.05) is 6.07 Å². The molecular formula is C12H19NO4. The van der Waals surface area contributed by atoms with Gasteiger partial charge in [0.1, 0.15) is 0 Å². The fourth-order valence-electron chi connectivity index (χ4n) is 1.71. The molecule has 2 atom stereocenters. The minimum absolute atomic E-state index is 0.112. The lowest BCUT2D eigenvalue weighted by molar-refractivity contribution is -0.191. The molecule has 0 N–H and O–H groups in total. The Morgan fingerprint density at radius 3 is 3.00 bits per heavy atom. The first-order valence-electron chi connectivity index (χ1n) is 6.06. The van der Waals surface area contributed by atoms with Crippen LogP contribution in [-0.2, 0) is 19.0 Å². The molecule has 1 aliphatic rings. The van der Waals surface area contributed by atoms with E-state index < -0.39 is 6.10 Å². The summed E-state index contributed by atoms with van der Waals surface area (Å²) in [7, 11) is 0. The predicted octanol–water partition coefficient (Wildman–Crippen LogP) is 1.77. The average molecular weight is 241 g/mol. The summed E-state index contributed by atoms with van der Waals surface area (Å²) in [6, 6.07) is 2.02. The van der Waals surface area contributed by atoms with Gasteiger partial charge in [0.25, 0.3) is 0 Å². The summed E-state index contributed by atoms with van der Waals surface area (Å²) in [4.78, 5) is 11.3. The molecule has 0 radical (unpaired) electrons. The van der Waals surface area contributed by atoms with Crippen LogP contribution >= 0.6 is 0 Å². The first kappa shape index (κ1) is 13.9. The normalized spacial score (nSPS) is 21.5. The van der Waals surface area contributed by atoms with Crippen molar-refractivity contribution < 1.29 is 19.0 Å². The van der Waals surface area contributed by atoms with Crippen LogP contribution in [0.25, 0.3) is 0 Å². The van der Waals surface area contributed by atoms with Crippen LogP contribution in [0, 0.1) is 11.3 Å². The summed E-state index contributed by atoms with van der Waals surface area (Å²) in [5.41, 5.74) is 0. The van der Waals surface area contributed by atoms with E-state index in [0.717, 1.165) is 19.3 Å². The Labute approximate surface area is 102 Å². The first-order valence-corrected chi connectivity index (χ1v) is 6.06. The molecule has 1 fully saturated rings. The Hall–Kier alpha value is -1.12. The van der Waals surface area contributed by atoms with Crippen LogP contribution in [-0.4, -0.2) is 31.6 Å². The van der Waals surface area contributed by atoms with Crippen molar-refractivity contribution in [2.75, 3.05) is 13.2 Å². The van der Waals surface area contributed by atoms with Crippen molar-refractivity contribution in [1.29, 1.82) is 5.26 Å². The molecule has 17 heavy (non-hydrogen) atoms. The van der Waals surface area contributed by atoms with E-state index in [4.69, 9.17) is 19.5 Å². The third-order valence-corrected chi connectivity index (χ3v) is 2.50. The zero-order chi connectivity index (χ0) is 12.5. The van der Waals surface area contributed by atoms with Crippen LogP contribution in [0.3, 0.4) is 0 Å². The lowest BCUT2D eigenvalue weighted by Gasteiger charge is -2.26. The molecule has 1 unspecified atom stereocenters. The van der Waals surface area contributed by atoms with E-state index in [1.165, 1.54) is 0 Å². The second-order valence-corrected chi connectivity index (χ2v) is 3.93. The highest BCUT2D eigenvalue weighted by atomic mass is 16.7. The van der Waals surface area contributed by atoms with E-state index in [1.54, 1.807) is 6.92 Å². The summed E-state index contributed by atoms with van der Waals surface area (Å²) in [5, 5.41) is 8.69. The molecule has 1 saturated heterocycles. The van der Waals surface area contributed by atoms with Crippen LogP contribution in [0.5, 0.6) is 0 Å². The van der Waals surface area contributed by atoms with Crippen LogP contribution in [0.2, 0.25) is 0 Å². The van der Waals surface area contributed by atoms with Crippen LogP contribution < -0.4 is 0 Å². The van der Waals surface area contributed by atoms with Gasteiger partial charge in [-0.1, -0.05) is 0 Å². The Balaban J connectivity index is 2.36. The highest BCUT2D eigenvalue weighted by Crippen LogP contribution is 2.18. The van der Waals surface area contributed by atoms with E-state index in [-0.39, 0.29) is 25.1 Å². The van der Waals surface area contributed by atoms with Gasteiger partial charge in [0, 0.05) is 6.61 Å². The van der Waals surface area contributed by atoms with Gasteiger partial charge >= 0.3 is 5.97 Å². The number of rotatable bonds is 6. The molecule has 96 valence electrons. The van der Waals surface area contributed by atoms with Crippen LogP contribution in [0.1, 0.15) is 39.0 Å². The standard InChI is InChI=1S/C12H19NO4/c1-2-15-11(14)9-10(6-7-13)17-12-5-3-4-8-16-12/h10,12H,2-6,8-9H2,1H3/t10-,12?/m1/s1. The van der Waals surface area contributed by atoms with E-state index in [2.05, 4.69) is 0 Å². The molecule has 0 saturated carbocycles. The fourth-order valence-corrected chi connectivity index (χ4v) is 1.71. The molecule has 5 nitrogen and oxygen atoms in total. The topological polar surface area (TPSA) is 68.6 Å². The van der Waals surface area contributed by atoms with Crippen molar-refractivity contribution in [1.82, 2.24) is 0 Å². The highest BCUT2D eigenvalue weighted by Gasteiger charge is 2.22. The van der Waals surface area contributed by atoms with Crippen LogP contribution in [0.4, 0.5) is 0 Å². The predicted molar refractivity (Wildman–Crippen MR) is 59.9 cm³/mol. The number of nitriles is 1. The molecule has 0 bridgehead atoms. The monoisotopic (exact) mass is 241 g/mol. The Morgan fingerprint density at radius 1 is 1.59 bits per heavy atom. The van der Waals surface area contributed by atoms with Gasteiger partial charge in [0.05, 0.1) is 31.6 Å². The van der Waals surface area contributed by atoms with Crippen molar-refractivity contribution in [3.05, 3.63) is 0 Å². The number of nitrogens with zero attached hydrogens (tertiary/aromatic N) is 1. The van der Waals surface area contributed by atoms with E-state index in [0.29, 0.717) is 13.2 Å². The molecule has 5 heteroatoms. The molecule has 0 aromatic heterocycles. The lowest BCUT2D eigenvalue weighted by atomic mass is 10.1. The number of carbonyl (C=O) groups is 1. The summed E-state index contributed by atoms with van der Waals surface area (Å²) < 4.78 is 15.9. The number of hydrogen-bond donors (Lipinski definition) is 0. The van der Waals surface area contributed by atoms with Gasteiger partial charge in [0.15, 0.2) is 6.29 Å². The molecular weight excluding hydrogens is 222 g/mol. The number of carbonyl (C=O) groups excluding carboxylic acids is 1. The molecule has 0 aromatic rings. The van der Waals surface area contributed by atoms with E-state index in [9.17, 15) is 4.79 Å². The second kappa shape index (κ2) is 8.04. The van der Waals surface area contributed by atoms with Crippen molar-refractivity contribution in [3.8, 4) is 6.07 Å². The third kappa shape index (κ3) is 5.66. The number of esters is 1. The SMILES string of the molecule is CCOC(=O)C[C@@H](CC#N)OC1CCCCO1. The second-order valence-electron chi connectivity index (χ2n) is 3.93. The number of ether oxygens (including phenoxy) is 3. The first-order chi connectivity index (χ1) is 8.26. The van der Waals surface area contributed by atoms with Gasteiger partial charge in [-0.3, -0.25) is 4.79 Å². The Bertz CT molecular complexity index is 268. The summed E-state index contributed by atoms with van der Waals surface area (Å²) in [6.07, 6.45) is 2.51. The summed E-state index contributed by atoms with van der Waals surface area (Å²) in [6.45, 7) is 2.78. The van der Waals surface area contributed by atoms with Gasteiger partial charge in [-0.05, 0) is 26.2 Å². The molecule has 1 rings (SSSR count). The third-order valence-electron chi connectivity index (χ3n) is 2.50. The maximum atomic E-state index is 11.3. The zero-order valence-corrected chi connectivity index (χ0v) is 10.2. The van der Waals surface area contributed by atoms with Gasteiger partial charge in [-0.25, -0.2) is 0 Å². The van der Waals surface area contributed by atoms with Gasteiger partial charge in [0.2, 0.25) is 0 Å². The van der Waals surface area contributed by atoms with Gasteiger partial charge in [-0.2, -0.15) is 5.26 Å². The smallest absolute Gasteiger partial charge is 0.308 e. The van der Waals surface area contributed by atoms with Crippen LogP contribution in [0.15, 0.2) is 0 Å². The molecule has 1 aliphatic heterocycles. The van der Waals surface area contributed by atoms with E-state index >= 15 is 0 Å². The largest absolute Gasteiger partial charge is 0.466 e.